The molecule has 3 rings (SSSR count). The second-order valence-electron chi connectivity index (χ2n) is 5.88. The number of fused-ring (bicyclic) bond motifs is 1. The largest absolute Gasteiger partial charge is 0.394 e. The van der Waals surface area contributed by atoms with Gasteiger partial charge in [0, 0.05) is 16.8 Å². The Morgan fingerprint density at radius 1 is 1.53 bits per heavy atom. The summed E-state index contributed by atoms with van der Waals surface area (Å²) in [7, 11) is 0. The van der Waals surface area contributed by atoms with Gasteiger partial charge in [-0.2, -0.15) is 0 Å². The van der Waals surface area contributed by atoms with Crippen molar-refractivity contribution in [2.75, 3.05) is 13.2 Å². The van der Waals surface area contributed by atoms with Crippen molar-refractivity contribution >= 4 is 17.2 Å². The maximum absolute atomic E-state index is 12.7. The second kappa shape index (κ2) is 5.25. The number of carbonyl (C=O) groups excluding carboxylic acids is 1. The number of aliphatic hydroxyl groups excluding tert-OH is 1. The minimum atomic E-state index is 0.0329. The van der Waals surface area contributed by atoms with Gasteiger partial charge in [-0.3, -0.25) is 4.79 Å². The number of hydrogen-bond acceptors (Lipinski definition) is 3. The molecule has 0 aromatic carbocycles. The van der Waals surface area contributed by atoms with Crippen LogP contribution in [-0.2, 0) is 12.8 Å². The predicted molar refractivity (Wildman–Crippen MR) is 76.7 cm³/mol. The van der Waals surface area contributed by atoms with E-state index in [0.717, 1.165) is 43.7 Å². The average molecular weight is 279 g/mol. The van der Waals surface area contributed by atoms with Crippen LogP contribution in [0, 0.1) is 5.92 Å². The van der Waals surface area contributed by atoms with Crippen LogP contribution in [0.2, 0.25) is 0 Å². The molecule has 2 aliphatic rings. The van der Waals surface area contributed by atoms with Crippen molar-refractivity contribution < 1.29 is 9.90 Å². The first-order chi connectivity index (χ1) is 9.20. The van der Waals surface area contributed by atoms with Crippen molar-refractivity contribution in [1.29, 1.82) is 0 Å². The summed E-state index contributed by atoms with van der Waals surface area (Å²) in [5.74, 6) is 0.884. The number of rotatable bonds is 2. The van der Waals surface area contributed by atoms with Crippen molar-refractivity contribution in [3.05, 3.63) is 21.4 Å². The Kier molecular flexibility index (Phi) is 3.63. The lowest BCUT2D eigenvalue weighted by atomic mass is 9.88. The number of hydrogen-bond donors (Lipinski definition) is 1. The van der Waals surface area contributed by atoms with E-state index in [9.17, 15) is 9.90 Å². The molecule has 1 fully saturated rings. The fraction of sp³-hybridized carbons (Fsp3) is 0.667. The van der Waals surface area contributed by atoms with Crippen LogP contribution in [-0.4, -0.2) is 35.1 Å². The zero-order valence-electron chi connectivity index (χ0n) is 11.4. The second-order valence-corrected chi connectivity index (χ2v) is 6.84. The molecule has 0 bridgehead atoms. The number of likely N-dealkylation sites (tertiary alicyclic amines) is 1. The Bertz CT molecular complexity index is 482. The van der Waals surface area contributed by atoms with Gasteiger partial charge in [0.05, 0.1) is 18.2 Å². The van der Waals surface area contributed by atoms with Gasteiger partial charge in [0.15, 0.2) is 0 Å². The summed E-state index contributed by atoms with van der Waals surface area (Å²) in [5.41, 5.74) is 2.20. The zero-order chi connectivity index (χ0) is 13.4. The molecule has 1 N–H and O–H groups in total. The number of amides is 1. The molecule has 1 amide bonds. The number of nitrogens with zero attached hydrogens (tertiary/aromatic N) is 1. The third-order valence-electron chi connectivity index (χ3n) is 4.48. The maximum Gasteiger partial charge on any atom is 0.255 e. The van der Waals surface area contributed by atoms with E-state index in [1.54, 1.807) is 11.3 Å². The Labute approximate surface area is 118 Å². The molecule has 3 nitrogen and oxygen atoms in total. The third kappa shape index (κ3) is 2.32. The van der Waals surface area contributed by atoms with E-state index in [2.05, 4.69) is 6.92 Å². The summed E-state index contributed by atoms with van der Waals surface area (Å²) >= 11 is 1.74. The van der Waals surface area contributed by atoms with Gasteiger partial charge in [0.25, 0.3) is 5.91 Å². The van der Waals surface area contributed by atoms with Gasteiger partial charge in [-0.25, -0.2) is 0 Å². The van der Waals surface area contributed by atoms with Gasteiger partial charge < -0.3 is 10.0 Å². The first-order valence-electron chi connectivity index (χ1n) is 7.21. The SMILES string of the molecule is CC1CCc2c(C(=O)N3CCC[C@H]3CO)csc2C1. The van der Waals surface area contributed by atoms with Crippen LogP contribution in [0.15, 0.2) is 5.38 Å². The lowest BCUT2D eigenvalue weighted by Crippen LogP contribution is -2.38. The lowest BCUT2D eigenvalue weighted by Gasteiger charge is -2.24. The van der Waals surface area contributed by atoms with E-state index in [1.807, 2.05) is 10.3 Å². The highest BCUT2D eigenvalue weighted by molar-refractivity contribution is 7.10. The van der Waals surface area contributed by atoms with E-state index in [-0.39, 0.29) is 18.6 Å². The summed E-state index contributed by atoms with van der Waals surface area (Å²) < 4.78 is 0. The predicted octanol–water partition coefficient (Wildman–Crippen LogP) is 2.47. The molecule has 4 heteroatoms. The van der Waals surface area contributed by atoms with Crippen LogP contribution in [0.1, 0.15) is 47.0 Å². The molecular weight excluding hydrogens is 258 g/mol. The van der Waals surface area contributed by atoms with Crippen molar-refractivity contribution in [1.82, 2.24) is 4.90 Å². The highest BCUT2D eigenvalue weighted by Gasteiger charge is 2.32. The number of carbonyl (C=O) groups is 1. The molecule has 1 aromatic rings. The van der Waals surface area contributed by atoms with Crippen LogP contribution in [0.5, 0.6) is 0 Å². The summed E-state index contributed by atoms with van der Waals surface area (Å²) in [5, 5.41) is 11.4. The highest BCUT2D eigenvalue weighted by atomic mass is 32.1. The van der Waals surface area contributed by atoms with Crippen molar-refractivity contribution in [2.24, 2.45) is 5.92 Å². The molecule has 0 spiro atoms. The maximum atomic E-state index is 12.7. The van der Waals surface area contributed by atoms with Gasteiger partial charge >= 0.3 is 0 Å². The van der Waals surface area contributed by atoms with E-state index in [1.165, 1.54) is 16.9 Å². The van der Waals surface area contributed by atoms with Crippen LogP contribution in [0.3, 0.4) is 0 Å². The molecule has 2 atom stereocenters. The molecule has 1 unspecified atom stereocenters. The molecule has 1 aliphatic heterocycles. The van der Waals surface area contributed by atoms with Crippen molar-refractivity contribution in [2.45, 2.75) is 45.1 Å². The summed E-state index contributed by atoms with van der Waals surface area (Å²) in [6.07, 6.45) is 5.30. The zero-order valence-corrected chi connectivity index (χ0v) is 12.2. The van der Waals surface area contributed by atoms with Crippen LogP contribution in [0.4, 0.5) is 0 Å². The van der Waals surface area contributed by atoms with E-state index in [0.29, 0.717) is 0 Å². The molecule has 19 heavy (non-hydrogen) atoms. The molecule has 0 radical (unpaired) electrons. The summed E-state index contributed by atoms with van der Waals surface area (Å²) in [6, 6.07) is 0.0329. The average Bonchev–Trinajstić information content (AvgIpc) is 3.03. The Hall–Kier alpha value is -0.870. The number of aliphatic hydroxyl groups is 1. The number of thiophene rings is 1. The Morgan fingerprint density at radius 2 is 2.37 bits per heavy atom. The standard InChI is InChI=1S/C15H21NO2S/c1-10-4-5-12-13(9-19-14(12)7-10)15(18)16-6-2-3-11(16)8-17/h9-11,17H,2-8H2,1H3/t10?,11-/m0/s1. The minimum Gasteiger partial charge on any atom is -0.394 e. The van der Waals surface area contributed by atoms with E-state index >= 15 is 0 Å². The van der Waals surface area contributed by atoms with Gasteiger partial charge in [0.2, 0.25) is 0 Å². The molecule has 1 saturated heterocycles. The Balaban J connectivity index is 1.85. The molecule has 2 heterocycles. The van der Waals surface area contributed by atoms with Gasteiger partial charge in [-0.15, -0.1) is 11.3 Å². The molecule has 1 aliphatic carbocycles. The first kappa shape index (κ1) is 13.1. The molecule has 0 saturated carbocycles. The quantitative estimate of drug-likeness (QED) is 0.903. The van der Waals surface area contributed by atoms with Crippen LogP contribution < -0.4 is 0 Å². The van der Waals surface area contributed by atoms with Gasteiger partial charge in [-0.1, -0.05) is 6.92 Å². The smallest absolute Gasteiger partial charge is 0.255 e. The Morgan fingerprint density at radius 3 is 3.16 bits per heavy atom. The lowest BCUT2D eigenvalue weighted by molar-refractivity contribution is 0.0676. The monoisotopic (exact) mass is 279 g/mol. The van der Waals surface area contributed by atoms with Crippen molar-refractivity contribution in [3.8, 4) is 0 Å². The fourth-order valence-corrected chi connectivity index (χ4v) is 4.54. The minimum absolute atomic E-state index is 0.0329. The van der Waals surface area contributed by atoms with Crippen LogP contribution >= 0.6 is 11.3 Å². The fourth-order valence-electron chi connectivity index (χ4n) is 3.30. The highest BCUT2D eigenvalue weighted by Crippen LogP contribution is 2.34. The molecule has 1 aromatic heterocycles. The summed E-state index contributed by atoms with van der Waals surface area (Å²) in [6.45, 7) is 3.17. The van der Waals surface area contributed by atoms with Gasteiger partial charge in [-0.05, 0) is 43.6 Å². The van der Waals surface area contributed by atoms with E-state index in [4.69, 9.17) is 0 Å². The van der Waals surface area contributed by atoms with E-state index < -0.39 is 0 Å². The first-order valence-corrected chi connectivity index (χ1v) is 8.09. The van der Waals surface area contributed by atoms with Gasteiger partial charge in [0.1, 0.15) is 0 Å². The van der Waals surface area contributed by atoms with Crippen LogP contribution in [0.25, 0.3) is 0 Å². The topological polar surface area (TPSA) is 40.5 Å². The molecule has 104 valence electrons. The van der Waals surface area contributed by atoms with Crippen molar-refractivity contribution in [3.63, 3.8) is 0 Å². The normalized spacial score (nSPS) is 26.5. The third-order valence-corrected chi connectivity index (χ3v) is 5.53. The summed E-state index contributed by atoms with van der Waals surface area (Å²) in [4.78, 5) is 15.9. The molecular formula is C15H21NO2S.